The Kier molecular flexibility index (Phi) is 5.77. The number of methoxy groups -OCH3 is 1. The maximum Gasteiger partial charge on any atom is 0.255 e. The van der Waals surface area contributed by atoms with Crippen LogP contribution in [0.3, 0.4) is 0 Å². The van der Waals surface area contributed by atoms with E-state index in [2.05, 4.69) is 20.8 Å². The summed E-state index contributed by atoms with van der Waals surface area (Å²) in [6.07, 6.45) is 0. The minimum atomic E-state index is -0.758. The number of anilines is 1. The maximum absolute atomic E-state index is 12.4. The lowest BCUT2D eigenvalue weighted by atomic mass is 10.1. The number of carbonyl (C=O) groups is 2. The molecular weight excluding hydrogens is 364 g/mol. The van der Waals surface area contributed by atoms with Gasteiger partial charge in [-0.15, -0.1) is 10.2 Å². The van der Waals surface area contributed by atoms with Crippen LogP contribution >= 0.6 is 11.3 Å². The molecule has 7 nitrogen and oxygen atoms in total. The molecule has 138 valence electrons. The van der Waals surface area contributed by atoms with Gasteiger partial charge in [0.05, 0.1) is 12.7 Å². The molecule has 0 aliphatic heterocycles. The second-order valence-electron chi connectivity index (χ2n) is 5.66. The van der Waals surface area contributed by atoms with Gasteiger partial charge in [-0.1, -0.05) is 53.8 Å². The van der Waals surface area contributed by atoms with Crippen molar-refractivity contribution in [3.05, 3.63) is 60.2 Å². The SMILES string of the molecule is COc1ccccc1C(=O)NC(C)C(=O)Nc1nnc(-c2ccccc2)s1. The number of hydrogen-bond acceptors (Lipinski definition) is 6. The van der Waals surface area contributed by atoms with E-state index in [9.17, 15) is 9.59 Å². The molecular formula is C19H18N4O3S. The Bertz CT molecular complexity index is 943. The zero-order chi connectivity index (χ0) is 19.2. The second-order valence-corrected chi connectivity index (χ2v) is 6.64. The Labute approximate surface area is 160 Å². The van der Waals surface area contributed by atoms with Crippen molar-refractivity contribution in [2.45, 2.75) is 13.0 Å². The first-order valence-corrected chi connectivity index (χ1v) is 9.04. The Morgan fingerprint density at radius 2 is 1.74 bits per heavy atom. The minimum absolute atomic E-state index is 0.363. The van der Waals surface area contributed by atoms with Gasteiger partial charge in [0.15, 0.2) is 0 Å². The Morgan fingerprint density at radius 1 is 1.04 bits per heavy atom. The van der Waals surface area contributed by atoms with Crippen molar-refractivity contribution in [1.82, 2.24) is 15.5 Å². The Balaban J connectivity index is 1.63. The molecule has 3 aromatic rings. The lowest BCUT2D eigenvalue weighted by Crippen LogP contribution is -2.41. The van der Waals surface area contributed by atoms with E-state index in [0.29, 0.717) is 21.5 Å². The first-order chi connectivity index (χ1) is 13.1. The number of benzene rings is 2. The summed E-state index contributed by atoms with van der Waals surface area (Å²) in [5, 5.41) is 14.5. The van der Waals surface area contributed by atoms with E-state index in [-0.39, 0.29) is 5.91 Å². The maximum atomic E-state index is 12.4. The van der Waals surface area contributed by atoms with Crippen LogP contribution in [-0.2, 0) is 4.79 Å². The molecule has 2 aromatic carbocycles. The van der Waals surface area contributed by atoms with Gasteiger partial charge in [0, 0.05) is 5.56 Å². The summed E-state index contributed by atoms with van der Waals surface area (Å²) in [5.41, 5.74) is 1.29. The van der Waals surface area contributed by atoms with E-state index in [1.165, 1.54) is 18.4 Å². The van der Waals surface area contributed by atoms with E-state index in [4.69, 9.17) is 4.74 Å². The fourth-order valence-corrected chi connectivity index (χ4v) is 3.11. The van der Waals surface area contributed by atoms with Crippen LogP contribution in [0.4, 0.5) is 5.13 Å². The molecule has 0 saturated carbocycles. The number of para-hydroxylation sites is 1. The molecule has 2 amide bonds. The zero-order valence-corrected chi connectivity index (χ0v) is 15.6. The molecule has 0 aliphatic carbocycles. The highest BCUT2D eigenvalue weighted by Crippen LogP contribution is 2.26. The third-order valence-electron chi connectivity index (χ3n) is 3.77. The van der Waals surface area contributed by atoms with Crippen LogP contribution in [0.25, 0.3) is 10.6 Å². The molecule has 1 atom stereocenters. The van der Waals surface area contributed by atoms with Gasteiger partial charge < -0.3 is 10.1 Å². The van der Waals surface area contributed by atoms with E-state index < -0.39 is 11.9 Å². The predicted molar refractivity (Wildman–Crippen MR) is 104 cm³/mol. The van der Waals surface area contributed by atoms with Crippen molar-refractivity contribution in [2.24, 2.45) is 0 Å². The number of carbonyl (C=O) groups excluding carboxylic acids is 2. The molecule has 0 radical (unpaired) electrons. The van der Waals surface area contributed by atoms with Crippen molar-refractivity contribution in [3.8, 4) is 16.3 Å². The first kappa shape index (κ1) is 18.5. The van der Waals surface area contributed by atoms with E-state index >= 15 is 0 Å². The monoisotopic (exact) mass is 382 g/mol. The Hall–Kier alpha value is -3.26. The van der Waals surface area contributed by atoms with Crippen molar-refractivity contribution in [3.63, 3.8) is 0 Å². The summed E-state index contributed by atoms with van der Waals surface area (Å²) < 4.78 is 5.17. The van der Waals surface area contributed by atoms with E-state index in [0.717, 1.165) is 5.56 Å². The van der Waals surface area contributed by atoms with E-state index in [1.54, 1.807) is 31.2 Å². The number of nitrogens with one attached hydrogen (secondary N) is 2. The molecule has 1 unspecified atom stereocenters. The average Bonchev–Trinajstić information content (AvgIpc) is 3.17. The van der Waals surface area contributed by atoms with Crippen molar-refractivity contribution >= 4 is 28.3 Å². The van der Waals surface area contributed by atoms with Gasteiger partial charge >= 0.3 is 0 Å². The number of rotatable bonds is 6. The third-order valence-corrected chi connectivity index (χ3v) is 4.66. The van der Waals surface area contributed by atoms with Crippen molar-refractivity contribution in [1.29, 1.82) is 0 Å². The van der Waals surface area contributed by atoms with E-state index in [1.807, 2.05) is 30.3 Å². The standard InChI is InChI=1S/C19H18N4O3S/c1-12(20-17(25)14-10-6-7-11-15(14)26-2)16(24)21-19-23-22-18(27-19)13-8-4-3-5-9-13/h3-12H,1-2H3,(H,20,25)(H,21,23,24). The number of nitrogens with zero attached hydrogens (tertiary/aromatic N) is 2. The number of hydrogen-bond donors (Lipinski definition) is 2. The van der Waals surface area contributed by atoms with Crippen LogP contribution in [-0.4, -0.2) is 35.2 Å². The van der Waals surface area contributed by atoms with Crippen molar-refractivity contribution in [2.75, 3.05) is 12.4 Å². The van der Waals surface area contributed by atoms with Gasteiger partial charge in [0.1, 0.15) is 16.8 Å². The lowest BCUT2D eigenvalue weighted by molar-refractivity contribution is -0.117. The summed E-state index contributed by atoms with van der Waals surface area (Å²) in [5.74, 6) is -0.328. The fraction of sp³-hybridized carbons (Fsp3) is 0.158. The fourth-order valence-electron chi connectivity index (χ4n) is 2.36. The lowest BCUT2D eigenvalue weighted by Gasteiger charge is -2.14. The summed E-state index contributed by atoms with van der Waals surface area (Å²) >= 11 is 1.27. The average molecular weight is 382 g/mol. The largest absolute Gasteiger partial charge is 0.496 e. The van der Waals surface area contributed by atoms with Gasteiger partial charge in [-0.05, 0) is 19.1 Å². The molecule has 0 saturated heterocycles. The second kappa shape index (κ2) is 8.41. The van der Waals surface area contributed by atoms with Crippen LogP contribution in [0.5, 0.6) is 5.75 Å². The highest BCUT2D eigenvalue weighted by molar-refractivity contribution is 7.18. The normalized spacial score (nSPS) is 11.5. The van der Waals surface area contributed by atoms with Crippen LogP contribution in [0.15, 0.2) is 54.6 Å². The molecule has 0 bridgehead atoms. The third kappa shape index (κ3) is 4.48. The smallest absolute Gasteiger partial charge is 0.255 e. The van der Waals surface area contributed by atoms with Gasteiger partial charge in [-0.3, -0.25) is 14.9 Å². The molecule has 2 N–H and O–H groups in total. The number of aromatic nitrogens is 2. The van der Waals surface area contributed by atoms with Gasteiger partial charge in [-0.25, -0.2) is 0 Å². The zero-order valence-electron chi connectivity index (χ0n) is 14.8. The van der Waals surface area contributed by atoms with Crippen LogP contribution in [0.1, 0.15) is 17.3 Å². The van der Waals surface area contributed by atoms with Gasteiger partial charge in [-0.2, -0.15) is 0 Å². The number of amides is 2. The molecule has 0 fully saturated rings. The Morgan fingerprint density at radius 3 is 2.48 bits per heavy atom. The summed E-state index contributed by atoms with van der Waals surface area (Å²) in [6.45, 7) is 1.60. The van der Waals surface area contributed by atoms with Crippen LogP contribution < -0.4 is 15.4 Å². The van der Waals surface area contributed by atoms with Gasteiger partial charge in [0.2, 0.25) is 11.0 Å². The summed E-state index contributed by atoms with van der Waals surface area (Å²) in [7, 11) is 1.49. The van der Waals surface area contributed by atoms with Crippen LogP contribution in [0, 0.1) is 0 Å². The topological polar surface area (TPSA) is 93.2 Å². The highest BCUT2D eigenvalue weighted by atomic mass is 32.1. The molecule has 8 heteroatoms. The molecule has 27 heavy (non-hydrogen) atoms. The number of ether oxygens (including phenoxy) is 1. The first-order valence-electron chi connectivity index (χ1n) is 8.22. The molecule has 0 aliphatic rings. The predicted octanol–water partition coefficient (Wildman–Crippen LogP) is 2.97. The van der Waals surface area contributed by atoms with Gasteiger partial charge in [0.25, 0.3) is 5.91 Å². The molecule has 1 heterocycles. The molecule has 1 aromatic heterocycles. The molecule has 3 rings (SSSR count). The van der Waals surface area contributed by atoms with Crippen molar-refractivity contribution < 1.29 is 14.3 Å². The minimum Gasteiger partial charge on any atom is -0.496 e. The quantitative estimate of drug-likeness (QED) is 0.684. The summed E-state index contributed by atoms with van der Waals surface area (Å²) in [4.78, 5) is 24.7. The summed E-state index contributed by atoms with van der Waals surface area (Å²) in [6, 6.07) is 15.6. The molecule has 0 spiro atoms. The highest BCUT2D eigenvalue weighted by Gasteiger charge is 2.20. The van der Waals surface area contributed by atoms with Crippen LogP contribution in [0.2, 0.25) is 0 Å².